The summed E-state index contributed by atoms with van der Waals surface area (Å²) in [6, 6.07) is 24.0. The largest absolute Gasteiger partial charge is 0.507 e. The number of hydrogen-bond donors (Lipinski definition) is 3. The highest BCUT2D eigenvalue weighted by Crippen LogP contribution is 2.25. The first-order valence-corrected chi connectivity index (χ1v) is 9.86. The van der Waals surface area contributed by atoms with Gasteiger partial charge in [-0.1, -0.05) is 60.2 Å². The maximum absolute atomic E-state index is 11.2. The number of aromatic carboxylic acids is 1. The standard InChI is InChI=1S/C25H20N4O3/c1-16-7-10-19(11-8-16)22-14-21(18-5-3-2-4-6-18)27-25(28-22)29-26-15-17-9-12-23(30)20(13-17)24(31)32/h2-15,30H,1H3,(H,31,32)(H,27,28,29)/b26-15+. The first-order valence-electron chi connectivity index (χ1n) is 9.86. The van der Waals surface area contributed by atoms with Crippen molar-refractivity contribution in [3.8, 4) is 28.3 Å². The SMILES string of the molecule is Cc1ccc(-c2cc(-c3ccccc3)nc(N/N=C/c3ccc(O)c(C(=O)O)c3)n2)cc1. The number of anilines is 1. The smallest absolute Gasteiger partial charge is 0.339 e. The number of nitrogens with one attached hydrogen (secondary N) is 1. The van der Waals surface area contributed by atoms with Crippen LogP contribution in [0.1, 0.15) is 21.5 Å². The molecule has 4 aromatic rings. The number of benzene rings is 3. The molecule has 0 fully saturated rings. The molecule has 0 atom stereocenters. The van der Waals surface area contributed by atoms with Crippen molar-refractivity contribution in [2.45, 2.75) is 6.92 Å². The average molecular weight is 424 g/mol. The number of aromatic hydroxyl groups is 1. The normalized spacial score (nSPS) is 10.9. The molecule has 0 aliphatic heterocycles. The lowest BCUT2D eigenvalue weighted by molar-refractivity contribution is 0.0693. The van der Waals surface area contributed by atoms with Gasteiger partial charge in [-0.05, 0) is 36.8 Å². The number of hydrogen-bond acceptors (Lipinski definition) is 6. The molecule has 158 valence electrons. The number of carbonyl (C=O) groups is 1. The minimum Gasteiger partial charge on any atom is -0.507 e. The van der Waals surface area contributed by atoms with Gasteiger partial charge in [-0.2, -0.15) is 5.10 Å². The lowest BCUT2D eigenvalue weighted by atomic mass is 10.1. The number of phenols is 1. The van der Waals surface area contributed by atoms with Crippen LogP contribution in [-0.4, -0.2) is 32.4 Å². The highest BCUT2D eigenvalue weighted by Gasteiger charge is 2.10. The Kier molecular flexibility index (Phi) is 5.89. The van der Waals surface area contributed by atoms with Crippen LogP contribution in [-0.2, 0) is 0 Å². The Morgan fingerprint density at radius 1 is 0.906 bits per heavy atom. The van der Waals surface area contributed by atoms with Gasteiger partial charge < -0.3 is 10.2 Å². The van der Waals surface area contributed by atoms with E-state index in [1.54, 1.807) is 6.07 Å². The van der Waals surface area contributed by atoms with Crippen molar-refractivity contribution in [2.75, 3.05) is 5.43 Å². The molecule has 3 N–H and O–H groups in total. The van der Waals surface area contributed by atoms with E-state index in [0.717, 1.165) is 28.1 Å². The molecule has 1 aromatic heterocycles. The second kappa shape index (κ2) is 9.09. The first kappa shape index (κ1) is 20.7. The molecule has 7 heteroatoms. The highest BCUT2D eigenvalue weighted by molar-refractivity contribution is 5.93. The number of carboxylic acid groups (broad SMARTS) is 1. The minimum atomic E-state index is -1.22. The van der Waals surface area contributed by atoms with Gasteiger partial charge in [0.1, 0.15) is 11.3 Å². The fourth-order valence-electron chi connectivity index (χ4n) is 3.10. The predicted octanol–water partition coefficient (Wildman–Crippen LogP) is 4.97. The van der Waals surface area contributed by atoms with Crippen LogP contribution in [0.5, 0.6) is 5.75 Å². The van der Waals surface area contributed by atoms with Gasteiger partial charge in [0.25, 0.3) is 0 Å². The van der Waals surface area contributed by atoms with Crippen molar-refractivity contribution in [2.24, 2.45) is 5.10 Å². The van der Waals surface area contributed by atoms with Crippen molar-refractivity contribution in [3.05, 3.63) is 95.6 Å². The molecule has 4 rings (SSSR count). The minimum absolute atomic E-state index is 0.196. The zero-order chi connectivity index (χ0) is 22.5. The molecule has 0 saturated carbocycles. The molecule has 0 radical (unpaired) electrons. The van der Waals surface area contributed by atoms with Crippen LogP contribution in [0, 0.1) is 6.92 Å². The van der Waals surface area contributed by atoms with Crippen LogP contribution < -0.4 is 5.43 Å². The Hall–Kier alpha value is -4.52. The summed E-state index contributed by atoms with van der Waals surface area (Å²) in [4.78, 5) is 20.3. The summed E-state index contributed by atoms with van der Waals surface area (Å²) < 4.78 is 0. The van der Waals surface area contributed by atoms with Gasteiger partial charge in [-0.3, -0.25) is 0 Å². The number of rotatable bonds is 6. The molecule has 0 spiro atoms. The molecule has 32 heavy (non-hydrogen) atoms. The maximum Gasteiger partial charge on any atom is 0.339 e. The molecule has 0 aliphatic rings. The van der Waals surface area contributed by atoms with Gasteiger partial charge in [-0.25, -0.2) is 20.2 Å². The van der Waals surface area contributed by atoms with E-state index in [1.807, 2.05) is 67.6 Å². The Balaban J connectivity index is 1.66. The van der Waals surface area contributed by atoms with Crippen LogP contribution in [0.15, 0.2) is 84.0 Å². The molecule has 0 unspecified atom stereocenters. The van der Waals surface area contributed by atoms with Crippen molar-refractivity contribution in [1.82, 2.24) is 9.97 Å². The highest BCUT2D eigenvalue weighted by atomic mass is 16.4. The van der Waals surface area contributed by atoms with E-state index < -0.39 is 5.97 Å². The van der Waals surface area contributed by atoms with E-state index >= 15 is 0 Å². The fraction of sp³-hybridized carbons (Fsp3) is 0.0400. The third-order valence-electron chi connectivity index (χ3n) is 4.77. The van der Waals surface area contributed by atoms with E-state index in [-0.39, 0.29) is 11.3 Å². The number of aryl methyl sites for hydroxylation is 1. The van der Waals surface area contributed by atoms with Crippen molar-refractivity contribution in [1.29, 1.82) is 0 Å². The Bertz CT molecular complexity index is 1290. The van der Waals surface area contributed by atoms with Crippen LogP contribution in [0.3, 0.4) is 0 Å². The van der Waals surface area contributed by atoms with E-state index in [9.17, 15) is 9.90 Å². The summed E-state index contributed by atoms with van der Waals surface area (Å²) in [7, 11) is 0. The van der Waals surface area contributed by atoms with Gasteiger partial charge in [0.05, 0.1) is 17.6 Å². The topological polar surface area (TPSA) is 108 Å². The van der Waals surface area contributed by atoms with Crippen molar-refractivity contribution in [3.63, 3.8) is 0 Å². The zero-order valence-corrected chi connectivity index (χ0v) is 17.2. The predicted molar refractivity (Wildman–Crippen MR) is 124 cm³/mol. The first-order chi connectivity index (χ1) is 15.5. The quantitative estimate of drug-likeness (QED) is 0.298. The molecule has 3 aromatic carbocycles. The summed E-state index contributed by atoms with van der Waals surface area (Å²) >= 11 is 0. The maximum atomic E-state index is 11.2. The van der Waals surface area contributed by atoms with Gasteiger partial charge in [0.2, 0.25) is 5.95 Å². The molecule has 0 bridgehead atoms. The third-order valence-corrected chi connectivity index (χ3v) is 4.77. The molecule has 0 amide bonds. The monoisotopic (exact) mass is 424 g/mol. The van der Waals surface area contributed by atoms with Gasteiger partial charge in [0, 0.05) is 11.1 Å². The van der Waals surface area contributed by atoms with Crippen LogP contribution in [0.25, 0.3) is 22.5 Å². The lowest BCUT2D eigenvalue weighted by Gasteiger charge is -2.08. The molecule has 0 aliphatic carbocycles. The lowest BCUT2D eigenvalue weighted by Crippen LogP contribution is -2.01. The Morgan fingerprint density at radius 2 is 1.56 bits per heavy atom. The number of carboxylic acids is 1. The third kappa shape index (κ3) is 4.79. The second-order valence-corrected chi connectivity index (χ2v) is 7.15. The van der Waals surface area contributed by atoms with Gasteiger partial charge >= 0.3 is 5.97 Å². The van der Waals surface area contributed by atoms with E-state index in [1.165, 1.54) is 18.3 Å². The van der Waals surface area contributed by atoms with Crippen LogP contribution in [0.2, 0.25) is 0 Å². The van der Waals surface area contributed by atoms with Crippen molar-refractivity contribution >= 4 is 18.1 Å². The van der Waals surface area contributed by atoms with Crippen molar-refractivity contribution < 1.29 is 15.0 Å². The van der Waals surface area contributed by atoms with Gasteiger partial charge in [0.15, 0.2) is 0 Å². The average Bonchev–Trinajstić information content (AvgIpc) is 2.81. The summed E-state index contributed by atoms with van der Waals surface area (Å²) in [5, 5.41) is 22.9. The van der Waals surface area contributed by atoms with Crippen LogP contribution in [0.4, 0.5) is 5.95 Å². The summed E-state index contributed by atoms with van der Waals surface area (Å²) in [5.74, 6) is -1.22. The van der Waals surface area contributed by atoms with Gasteiger partial charge in [-0.15, -0.1) is 0 Å². The number of aromatic nitrogens is 2. The summed E-state index contributed by atoms with van der Waals surface area (Å²) in [6.07, 6.45) is 1.44. The zero-order valence-electron chi connectivity index (χ0n) is 17.2. The van der Waals surface area contributed by atoms with E-state index in [2.05, 4.69) is 20.5 Å². The fourth-order valence-corrected chi connectivity index (χ4v) is 3.10. The Morgan fingerprint density at radius 3 is 2.22 bits per heavy atom. The number of nitrogens with zero attached hydrogens (tertiary/aromatic N) is 3. The second-order valence-electron chi connectivity index (χ2n) is 7.15. The van der Waals surface area contributed by atoms with E-state index in [0.29, 0.717) is 11.5 Å². The molecule has 1 heterocycles. The molecular formula is C25H20N4O3. The Labute approximate surface area is 184 Å². The molecule has 7 nitrogen and oxygen atoms in total. The summed E-state index contributed by atoms with van der Waals surface area (Å²) in [5.41, 5.74) is 7.67. The van der Waals surface area contributed by atoms with E-state index in [4.69, 9.17) is 5.11 Å². The number of hydrazone groups is 1. The molecule has 0 saturated heterocycles. The van der Waals surface area contributed by atoms with Crippen LogP contribution >= 0.6 is 0 Å². The molecular weight excluding hydrogens is 404 g/mol. The summed E-state index contributed by atoms with van der Waals surface area (Å²) in [6.45, 7) is 2.03.